The molecule has 28 heavy (non-hydrogen) atoms. The number of alkyl halides is 1. The Morgan fingerprint density at radius 2 is 1.86 bits per heavy atom. The van der Waals surface area contributed by atoms with Crippen molar-refractivity contribution in [1.82, 2.24) is 5.32 Å². The molecule has 0 atom stereocenters. The van der Waals surface area contributed by atoms with Gasteiger partial charge < -0.3 is 25.5 Å². The fraction of sp³-hybridized carbons (Fsp3) is 0.250. The van der Waals surface area contributed by atoms with Gasteiger partial charge in [0.25, 0.3) is 5.91 Å². The number of benzene rings is 1. The lowest BCUT2D eigenvalue weighted by atomic mass is 10.1. The number of hydrogen-bond acceptors (Lipinski definition) is 5. The number of aryl methyl sites for hydroxylation is 1. The molecule has 2 aromatic carbocycles. The molecule has 0 aromatic heterocycles. The van der Waals surface area contributed by atoms with Crippen molar-refractivity contribution < 1.29 is 19.1 Å². The van der Waals surface area contributed by atoms with E-state index in [0.717, 1.165) is 5.56 Å². The van der Waals surface area contributed by atoms with Crippen LogP contribution in [0.2, 0.25) is 0 Å². The van der Waals surface area contributed by atoms with E-state index in [1.54, 1.807) is 45.4 Å². The van der Waals surface area contributed by atoms with Gasteiger partial charge in [-0.15, -0.1) is 0 Å². The van der Waals surface area contributed by atoms with Gasteiger partial charge in [-0.1, -0.05) is 22.0 Å². The predicted molar refractivity (Wildman–Crippen MR) is 110 cm³/mol. The van der Waals surface area contributed by atoms with Crippen molar-refractivity contribution in [3.05, 3.63) is 58.4 Å². The lowest BCUT2D eigenvalue weighted by molar-refractivity contribution is -0.113. The van der Waals surface area contributed by atoms with E-state index in [9.17, 15) is 9.59 Å². The van der Waals surface area contributed by atoms with Crippen LogP contribution in [0, 0.1) is 12.3 Å². The summed E-state index contributed by atoms with van der Waals surface area (Å²) in [6.07, 6.45) is 0. The minimum Gasteiger partial charge on any atom is -0.497 e. The molecule has 0 bridgehead atoms. The standard InChI is InChI=1S/C20H22BrN3O4/c1-12-4-7-15(17(9-16(12)22)24-19(25)10-21)20(26)23-11-13-5-6-14(27-2)8-18(13)28-3/h4-9,22H,10-11H2,1-3H3,(H,23,26)(H,24,25). The first-order valence-corrected chi connectivity index (χ1v) is 9.56. The normalized spacial score (nSPS) is 10.1. The van der Waals surface area contributed by atoms with Crippen LogP contribution in [0.4, 0.5) is 5.69 Å². The molecular weight excluding hydrogens is 426 g/mol. The van der Waals surface area contributed by atoms with Crippen LogP contribution in [0.25, 0.3) is 0 Å². The van der Waals surface area contributed by atoms with Gasteiger partial charge in [-0.05, 0) is 36.8 Å². The average molecular weight is 448 g/mol. The van der Waals surface area contributed by atoms with Gasteiger partial charge in [0.2, 0.25) is 5.91 Å². The van der Waals surface area contributed by atoms with Gasteiger partial charge >= 0.3 is 0 Å². The van der Waals surface area contributed by atoms with Crippen LogP contribution < -0.4 is 25.5 Å². The number of carbonyl (C=O) groups excluding carboxylic acids is 2. The molecule has 0 aliphatic rings. The van der Waals surface area contributed by atoms with E-state index >= 15 is 0 Å². The minimum atomic E-state index is -0.377. The molecule has 0 heterocycles. The number of amides is 2. The maximum absolute atomic E-state index is 12.8. The van der Waals surface area contributed by atoms with E-state index in [0.29, 0.717) is 17.1 Å². The Morgan fingerprint density at radius 1 is 1.11 bits per heavy atom. The Kier molecular flexibility index (Phi) is 7.57. The topological polar surface area (TPSA) is 101 Å². The third-order valence-corrected chi connectivity index (χ3v) is 4.59. The van der Waals surface area contributed by atoms with Gasteiger partial charge in [0.05, 0.1) is 36.2 Å². The first-order chi connectivity index (χ1) is 13.4. The number of rotatable bonds is 7. The van der Waals surface area contributed by atoms with Crippen LogP contribution in [0.15, 0.2) is 36.4 Å². The Balaban J connectivity index is 2.30. The highest BCUT2D eigenvalue weighted by Crippen LogP contribution is 2.24. The molecule has 148 valence electrons. The summed E-state index contributed by atoms with van der Waals surface area (Å²) in [4.78, 5) is 24.6. The second-order valence-electron chi connectivity index (χ2n) is 5.94. The smallest absolute Gasteiger partial charge is 0.253 e. The SMILES string of the molecule is COc1ccc(CNC(=O)c2ccc(C)c(=N)cc2NC(=O)CBr)c(OC)c1. The molecule has 2 aromatic rings. The molecule has 0 saturated heterocycles. The molecule has 3 N–H and O–H groups in total. The summed E-state index contributed by atoms with van der Waals surface area (Å²) in [6.45, 7) is 1.99. The predicted octanol–water partition coefficient (Wildman–Crippen LogP) is 2.76. The summed E-state index contributed by atoms with van der Waals surface area (Å²) in [5.74, 6) is 0.558. The zero-order valence-electron chi connectivity index (χ0n) is 15.9. The molecule has 0 aliphatic carbocycles. The molecule has 0 fully saturated rings. The molecule has 0 unspecified atom stereocenters. The maximum atomic E-state index is 12.8. The highest BCUT2D eigenvalue weighted by Gasteiger charge is 2.14. The molecule has 0 saturated carbocycles. The third kappa shape index (κ3) is 5.32. The maximum Gasteiger partial charge on any atom is 0.253 e. The highest BCUT2D eigenvalue weighted by molar-refractivity contribution is 9.09. The van der Waals surface area contributed by atoms with E-state index in [2.05, 4.69) is 26.6 Å². The van der Waals surface area contributed by atoms with E-state index in [-0.39, 0.29) is 40.3 Å². The van der Waals surface area contributed by atoms with E-state index in [1.807, 2.05) is 6.07 Å². The fourth-order valence-corrected chi connectivity index (χ4v) is 2.62. The average Bonchev–Trinajstić information content (AvgIpc) is 2.84. The van der Waals surface area contributed by atoms with Gasteiger partial charge in [-0.3, -0.25) is 9.59 Å². The molecule has 2 amide bonds. The lowest BCUT2D eigenvalue weighted by Gasteiger charge is -2.12. The summed E-state index contributed by atoms with van der Waals surface area (Å²) in [5.41, 5.74) is 2.01. The quantitative estimate of drug-likeness (QED) is 0.567. The van der Waals surface area contributed by atoms with Gasteiger partial charge in [-0.2, -0.15) is 0 Å². The van der Waals surface area contributed by atoms with Crippen molar-refractivity contribution in [3.8, 4) is 11.5 Å². The van der Waals surface area contributed by atoms with E-state index in [4.69, 9.17) is 14.9 Å². The summed E-state index contributed by atoms with van der Waals surface area (Å²) in [6, 6.07) is 10.1. The van der Waals surface area contributed by atoms with Crippen LogP contribution in [0.5, 0.6) is 11.5 Å². The van der Waals surface area contributed by atoms with Gasteiger partial charge in [0.1, 0.15) is 11.5 Å². The van der Waals surface area contributed by atoms with Crippen molar-refractivity contribution in [2.75, 3.05) is 24.9 Å². The van der Waals surface area contributed by atoms with Gasteiger partial charge in [0.15, 0.2) is 0 Å². The Bertz CT molecular complexity index is 947. The van der Waals surface area contributed by atoms with E-state index < -0.39 is 0 Å². The van der Waals surface area contributed by atoms with Crippen LogP contribution in [-0.2, 0) is 11.3 Å². The van der Waals surface area contributed by atoms with Crippen molar-refractivity contribution in [3.63, 3.8) is 0 Å². The van der Waals surface area contributed by atoms with Crippen molar-refractivity contribution in [1.29, 1.82) is 5.41 Å². The van der Waals surface area contributed by atoms with Gasteiger partial charge in [-0.25, -0.2) is 0 Å². The summed E-state index contributed by atoms with van der Waals surface area (Å²) in [5, 5.41) is 13.8. The molecule has 0 radical (unpaired) electrons. The second-order valence-corrected chi connectivity index (χ2v) is 6.50. The number of nitrogens with one attached hydrogen (secondary N) is 3. The van der Waals surface area contributed by atoms with Crippen LogP contribution >= 0.6 is 15.9 Å². The largest absolute Gasteiger partial charge is 0.497 e. The highest BCUT2D eigenvalue weighted by atomic mass is 79.9. The first kappa shape index (κ1) is 21.4. The van der Waals surface area contributed by atoms with Crippen LogP contribution in [0.1, 0.15) is 21.5 Å². The molecule has 0 spiro atoms. The molecule has 8 heteroatoms. The second kappa shape index (κ2) is 9.89. The summed E-state index contributed by atoms with van der Waals surface area (Å²) < 4.78 is 10.5. The third-order valence-electron chi connectivity index (χ3n) is 4.08. The molecule has 2 rings (SSSR count). The summed E-state index contributed by atoms with van der Waals surface area (Å²) in [7, 11) is 3.11. The molecular formula is C20H22BrN3O4. The molecule has 0 aliphatic heterocycles. The number of carbonyl (C=O) groups is 2. The number of hydrogen-bond donors (Lipinski definition) is 3. The Labute approximate surface area is 171 Å². The van der Waals surface area contributed by atoms with Crippen molar-refractivity contribution in [2.45, 2.75) is 13.5 Å². The zero-order valence-corrected chi connectivity index (χ0v) is 17.5. The number of halogens is 1. The number of methoxy groups -OCH3 is 2. The van der Waals surface area contributed by atoms with Crippen molar-refractivity contribution >= 4 is 33.4 Å². The minimum absolute atomic E-state index is 0.0853. The zero-order chi connectivity index (χ0) is 20.7. The first-order valence-electron chi connectivity index (χ1n) is 8.44. The van der Waals surface area contributed by atoms with Crippen LogP contribution in [0.3, 0.4) is 0 Å². The molecule has 7 nitrogen and oxygen atoms in total. The Hall–Kier alpha value is -2.87. The number of ether oxygens (including phenoxy) is 2. The van der Waals surface area contributed by atoms with Crippen LogP contribution in [-0.4, -0.2) is 31.4 Å². The fourth-order valence-electron chi connectivity index (χ4n) is 2.48. The summed E-state index contributed by atoms with van der Waals surface area (Å²) >= 11 is 3.08. The van der Waals surface area contributed by atoms with Gasteiger partial charge in [0, 0.05) is 18.2 Å². The van der Waals surface area contributed by atoms with Crippen molar-refractivity contribution in [2.24, 2.45) is 0 Å². The monoisotopic (exact) mass is 447 g/mol. The number of anilines is 1. The Morgan fingerprint density at radius 3 is 2.50 bits per heavy atom. The van der Waals surface area contributed by atoms with E-state index in [1.165, 1.54) is 6.07 Å². The lowest BCUT2D eigenvalue weighted by Crippen LogP contribution is -2.25.